The summed E-state index contributed by atoms with van der Waals surface area (Å²) in [6, 6.07) is 9.57. The molecule has 9 N–H and O–H groups in total. The van der Waals surface area contributed by atoms with Crippen LogP contribution in [-0.2, 0) is 0 Å². The van der Waals surface area contributed by atoms with Crippen LogP contribution in [0.4, 0.5) is 0 Å². The Kier molecular flexibility index (Phi) is 6.13. The number of hydrogen-bond acceptors (Lipinski definition) is 13. The van der Waals surface area contributed by atoms with Crippen LogP contribution >= 0.6 is 0 Å². The van der Waals surface area contributed by atoms with Crippen molar-refractivity contribution < 1.29 is 65.0 Å². The predicted molar refractivity (Wildman–Crippen MR) is 143 cm³/mol. The fourth-order valence-corrected chi connectivity index (χ4v) is 5.44. The van der Waals surface area contributed by atoms with Gasteiger partial charge >= 0.3 is 0 Å². The SMILES string of the molecule is O=C1c2c(O)cc(O)c([C@H]3C(=O)c4c(O)cc(O)cc4O[C@@H]3c3ccc(O)c(O)c3)c2O[C@@H](c2ccc(O)c(O)c2)C1O. The summed E-state index contributed by atoms with van der Waals surface area (Å²) >= 11 is 0. The zero-order valence-electron chi connectivity index (χ0n) is 21.7. The van der Waals surface area contributed by atoms with Crippen molar-refractivity contribution in [1.29, 1.82) is 0 Å². The summed E-state index contributed by atoms with van der Waals surface area (Å²) in [6.45, 7) is 0. The fourth-order valence-electron chi connectivity index (χ4n) is 5.44. The van der Waals surface area contributed by atoms with Crippen molar-refractivity contribution in [2.24, 2.45) is 0 Å². The molecule has 0 saturated heterocycles. The Hall–Kier alpha value is -5.82. The van der Waals surface area contributed by atoms with Gasteiger partial charge in [-0.05, 0) is 35.4 Å². The van der Waals surface area contributed by atoms with E-state index in [0.29, 0.717) is 0 Å². The number of aliphatic hydroxyl groups excluding tert-OH is 1. The first-order chi connectivity index (χ1) is 20.4. The summed E-state index contributed by atoms with van der Waals surface area (Å²) in [5.41, 5.74) is -1.29. The van der Waals surface area contributed by atoms with Crippen LogP contribution in [0.25, 0.3) is 0 Å². The highest BCUT2D eigenvalue weighted by Crippen LogP contribution is 2.55. The number of phenolic OH excluding ortho intramolecular Hbond substituents is 8. The molecule has 0 aliphatic carbocycles. The highest BCUT2D eigenvalue weighted by atomic mass is 16.5. The summed E-state index contributed by atoms with van der Waals surface area (Å²) in [5, 5.41) is 93.0. The molecule has 4 atom stereocenters. The van der Waals surface area contributed by atoms with Crippen molar-refractivity contribution in [3.8, 4) is 57.5 Å². The second kappa shape index (κ2) is 9.63. The third-order valence-electron chi connectivity index (χ3n) is 7.44. The topological polar surface area (TPSA) is 235 Å². The molecule has 0 bridgehead atoms. The van der Waals surface area contributed by atoms with Gasteiger partial charge in [0.2, 0.25) is 5.78 Å². The minimum Gasteiger partial charge on any atom is -0.508 e. The van der Waals surface area contributed by atoms with E-state index < -0.39 is 104 Å². The average molecular weight is 590 g/mol. The van der Waals surface area contributed by atoms with Crippen molar-refractivity contribution in [2.45, 2.75) is 24.2 Å². The molecule has 220 valence electrons. The first-order valence-electron chi connectivity index (χ1n) is 12.7. The molecular weight excluding hydrogens is 568 g/mol. The van der Waals surface area contributed by atoms with E-state index in [1.807, 2.05) is 0 Å². The number of carbonyl (C=O) groups excluding carboxylic acids is 2. The van der Waals surface area contributed by atoms with Crippen LogP contribution in [0.3, 0.4) is 0 Å². The van der Waals surface area contributed by atoms with E-state index in [-0.39, 0.29) is 16.9 Å². The first-order valence-corrected chi connectivity index (χ1v) is 12.7. The molecule has 2 aliphatic heterocycles. The highest BCUT2D eigenvalue weighted by Gasteiger charge is 2.48. The van der Waals surface area contributed by atoms with Crippen LogP contribution < -0.4 is 9.47 Å². The molecule has 0 spiro atoms. The number of aromatic hydroxyl groups is 8. The smallest absolute Gasteiger partial charge is 0.202 e. The van der Waals surface area contributed by atoms with E-state index in [0.717, 1.165) is 42.5 Å². The number of hydrogen-bond donors (Lipinski definition) is 9. The van der Waals surface area contributed by atoms with E-state index in [2.05, 4.69) is 0 Å². The first kappa shape index (κ1) is 27.4. The Morgan fingerprint density at radius 2 is 1.12 bits per heavy atom. The summed E-state index contributed by atoms with van der Waals surface area (Å²) in [5.74, 6) is -9.20. The van der Waals surface area contributed by atoms with Gasteiger partial charge in [-0.1, -0.05) is 12.1 Å². The second-order valence-corrected chi connectivity index (χ2v) is 10.1. The van der Waals surface area contributed by atoms with Crippen molar-refractivity contribution in [3.63, 3.8) is 0 Å². The molecule has 4 aromatic rings. The zero-order chi connectivity index (χ0) is 30.9. The molecule has 0 amide bonds. The summed E-state index contributed by atoms with van der Waals surface area (Å²) < 4.78 is 12.0. The van der Waals surface area contributed by atoms with Gasteiger partial charge in [-0.2, -0.15) is 0 Å². The van der Waals surface area contributed by atoms with E-state index >= 15 is 0 Å². The van der Waals surface area contributed by atoms with Crippen LogP contribution in [0, 0.1) is 0 Å². The van der Waals surface area contributed by atoms with E-state index in [4.69, 9.17) is 9.47 Å². The molecule has 43 heavy (non-hydrogen) atoms. The Morgan fingerprint density at radius 1 is 0.535 bits per heavy atom. The van der Waals surface area contributed by atoms with Crippen molar-refractivity contribution in [1.82, 2.24) is 0 Å². The second-order valence-electron chi connectivity index (χ2n) is 10.1. The molecule has 2 heterocycles. The molecule has 0 aromatic heterocycles. The monoisotopic (exact) mass is 590 g/mol. The maximum absolute atomic E-state index is 14.1. The van der Waals surface area contributed by atoms with Crippen LogP contribution in [-0.4, -0.2) is 63.6 Å². The minimum atomic E-state index is -1.93. The predicted octanol–water partition coefficient (Wildman–Crippen LogP) is 3.11. The van der Waals surface area contributed by atoms with Crippen molar-refractivity contribution in [3.05, 3.63) is 82.4 Å². The molecule has 0 saturated carbocycles. The lowest BCUT2D eigenvalue weighted by molar-refractivity contribution is 0.0196. The number of carbonyl (C=O) groups is 2. The maximum atomic E-state index is 14.1. The van der Waals surface area contributed by atoms with Gasteiger partial charge in [0.25, 0.3) is 0 Å². The lowest BCUT2D eigenvalue weighted by Gasteiger charge is -2.37. The van der Waals surface area contributed by atoms with Gasteiger partial charge < -0.3 is 55.4 Å². The van der Waals surface area contributed by atoms with Gasteiger partial charge in [-0.3, -0.25) is 9.59 Å². The lowest BCUT2D eigenvalue weighted by Crippen LogP contribution is -2.38. The normalized spacial score (nSPS) is 21.0. The van der Waals surface area contributed by atoms with Gasteiger partial charge in [0.05, 0.1) is 11.5 Å². The largest absolute Gasteiger partial charge is 0.508 e. The molecule has 1 unspecified atom stereocenters. The van der Waals surface area contributed by atoms with Crippen molar-refractivity contribution in [2.75, 3.05) is 0 Å². The Morgan fingerprint density at radius 3 is 1.72 bits per heavy atom. The molecule has 13 heteroatoms. The van der Waals surface area contributed by atoms with Crippen LogP contribution in [0.5, 0.6) is 57.5 Å². The molecular formula is C30H22O13. The Labute approximate surface area is 240 Å². The van der Waals surface area contributed by atoms with Gasteiger partial charge in [-0.25, -0.2) is 0 Å². The number of ether oxygens (including phenoxy) is 2. The molecule has 4 aromatic carbocycles. The number of fused-ring (bicyclic) bond motifs is 2. The van der Waals surface area contributed by atoms with Crippen LogP contribution in [0.1, 0.15) is 55.5 Å². The van der Waals surface area contributed by atoms with E-state index in [1.54, 1.807) is 0 Å². The van der Waals surface area contributed by atoms with Crippen LogP contribution in [0.15, 0.2) is 54.6 Å². The van der Waals surface area contributed by atoms with Crippen LogP contribution in [0.2, 0.25) is 0 Å². The Balaban J connectivity index is 1.60. The standard InChI is InChI=1S/C30H22O13/c31-12-7-17(36)21-20(8-12)42-28(10-1-3-13(32)15(34)5-10)24(25(21)39)22-18(37)9-19(38)23-26(40)27(41)29(43-30(22)23)11-2-4-14(33)16(35)6-11/h1-9,24,27-29,31-38,41H/t24-,27?,28+,29-/m0/s1. The molecule has 0 fully saturated rings. The van der Waals surface area contributed by atoms with E-state index in [1.165, 1.54) is 12.1 Å². The molecule has 13 nitrogen and oxygen atoms in total. The fraction of sp³-hybridized carbons (Fsp3) is 0.133. The summed E-state index contributed by atoms with van der Waals surface area (Å²) in [6.07, 6.45) is -4.94. The van der Waals surface area contributed by atoms with E-state index in [9.17, 15) is 55.5 Å². The molecule has 6 rings (SSSR count). The quantitative estimate of drug-likeness (QED) is 0.156. The van der Waals surface area contributed by atoms with Crippen molar-refractivity contribution >= 4 is 11.6 Å². The van der Waals surface area contributed by atoms with Gasteiger partial charge in [0, 0.05) is 18.2 Å². The number of benzene rings is 4. The minimum absolute atomic E-state index is 0.0141. The number of rotatable bonds is 3. The Bertz CT molecular complexity index is 1850. The zero-order valence-corrected chi connectivity index (χ0v) is 21.7. The number of aliphatic hydroxyl groups is 1. The third-order valence-corrected chi connectivity index (χ3v) is 7.44. The summed E-state index contributed by atoms with van der Waals surface area (Å²) in [7, 11) is 0. The number of Topliss-reactive ketones (excluding diaryl/α,β-unsaturated/α-hetero) is 2. The van der Waals surface area contributed by atoms with Gasteiger partial charge in [-0.15, -0.1) is 0 Å². The van der Waals surface area contributed by atoms with Gasteiger partial charge in [0.15, 0.2) is 41.0 Å². The average Bonchev–Trinajstić information content (AvgIpc) is 2.93. The lowest BCUT2D eigenvalue weighted by atomic mass is 9.78. The number of ketones is 2. The highest BCUT2D eigenvalue weighted by molar-refractivity contribution is 6.10. The number of phenols is 8. The van der Waals surface area contributed by atoms with Gasteiger partial charge in [0.1, 0.15) is 51.7 Å². The maximum Gasteiger partial charge on any atom is 0.202 e. The third kappa shape index (κ3) is 4.21. The molecule has 0 radical (unpaired) electrons. The summed E-state index contributed by atoms with van der Waals surface area (Å²) in [4.78, 5) is 27.5. The molecule has 2 aliphatic rings.